The number of carbonyl (C=O) groups excluding carboxylic acids is 1. The van der Waals surface area contributed by atoms with Gasteiger partial charge in [0.15, 0.2) is 5.76 Å². The Morgan fingerprint density at radius 2 is 1.81 bits per heavy atom. The number of Topliss-reactive ketones (excluding diaryl/α,β-unsaturated/α-hetero) is 1. The molecule has 1 N–H and O–H groups in total. The van der Waals surface area contributed by atoms with Crippen molar-refractivity contribution >= 4 is 33.4 Å². The summed E-state index contributed by atoms with van der Waals surface area (Å²) in [5.41, 5.74) is 3.51. The summed E-state index contributed by atoms with van der Waals surface area (Å²) in [4.78, 5) is 11.8. The smallest absolute Gasteiger partial charge is 0.229 e. The summed E-state index contributed by atoms with van der Waals surface area (Å²) in [6, 6.07) is 7.80. The van der Waals surface area contributed by atoms with Gasteiger partial charge >= 0.3 is 0 Å². The normalized spacial score (nSPS) is 17.9. The van der Waals surface area contributed by atoms with Crippen molar-refractivity contribution in [2.75, 3.05) is 0 Å². The van der Waals surface area contributed by atoms with E-state index in [1.807, 2.05) is 30.3 Å². The van der Waals surface area contributed by atoms with E-state index in [2.05, 4.69) is 15.9 Å². The van der Waals surface area contributed by atoms with Gasteiger partial charge in [0.2, 0.25) is 5.78 Å². The minimum Gasteiger partial charge on any atom is -0.503 e. The molecule has 3 rings (SSSR count). The van der Waals surface area contributed by atoms with E-state index in [4.69, 9.17) is 0 Å². The molecule has 3 heteroatoms. The Labute approximate surface area is 101 Å². The number of benzene rings is 1. The average Bonchev–Trinajstić information content (AvgIpc) is 2.65. The Bertz CT molecular complexity index is 606. The summed E-state index contributed by atoms with van der Waals surface area (Å²) in [5.74, 6) is -0.539. The maximum absolute atomic E-state index is 11.8. The van der Waals surface area contributed by atoms with Gasteiger partial charge < -0.3 is 5.11 Å². The molecule has 0 bridgehead atoms. The highest BCUT2D eigenvalue weighted by molar-refractivity contribution is 9.12. The van der Waals surface area contributed by atoms with Crippen LogP contribution in [0.5, 0.6) is 0 Å². The number of allylic oxidation sites excluding steroid dienone is 4. The van der Waals surface area contributed by atoms with E-state index in [0.29, 0.717) is 10.1 Å². The summed E-state index contributed by atoms with van der Waals surface area (Å²) in [6.07, 6.45) is 3.60. The highest BCUT2D eigenvalue weighted by Crippen LogP contribution is 2.41. The molecule has 0 aliphatic heterocycles. The van der Waals surface area contributed by atoms with Gasteiger partial charge in [0.25, 0.3) is 0 Å². The second kappa shape index (κ2) is 3.19. The van der Waals surface area contributed by atoms with Gasteiger partial charge in [0.05, 0.1) is 4.48 Å². The fourth-order valence-electron chi connectivity index (χ4n) is 2.02. The lowest BCUT2D eigenvalue weighted by Gasteiger charge is -2.12. The molecule has 0 amide bonds. The molecule has 0 fully saturated rings. The first-order valence-electron chi connectivity index (χ1n) is 4.85. The molecule has 0 unspecified atom stereocenters. The minimum atomic E-state index is -0.319. The van der Waals surface area contributed by atoms with Crippen LogP contribution in [0.2, 0.25) is 0 Å². The van der Waals surface area contributed by atoms with Crippen molar-refractivity contribution in [1.82, 2.24) is 0 Å². The molecule has 2 nitrogen and oxygen atoms in total. The zero-order valence-electron chi connectivity index (χ0n) is 8.20. The third-order valence-corrected chi connectivity index (χ3v) is 3.40. The van der Waals surface area contributed by atoms with Crippen LogP contribution in [0.25, 0.3) is 11.6 Å². The number of rotatable bonds is 0. The Hall–Kier alpha value is -1.61. The molecular weight excluding hydrogens is 268 g/mol. The van der Waals surface area contributed by atoms with Crippen molar-refractivity contribution in [3.05, 3.63) is 57.3 Å². The van der Waals surface area contributed by atoms with Gasteiger partial charge in [-0.2, -0.15) is 0 Å². The topological polar surface area (TPSA) is 37.3 Å². The monoisotopic (exact) mass is 274 g/mol. The molecule has 0 atom stereocenters. The second-order valence-corrected chi connectivity index (χ2v) is 4.58. The van der Waals surface area contributed by atoms with E-state index in [9.17, 15) is 9.90 Å². The fraction of sp³-hybridized carbons (Fsp3) is 0. The molecule has 2 aliphatic carbocycles. The van der Waals surface area contributed by atoms with Gasteiger partial charge in [0.1, 0.15) is 0 Å². The minimum absolute atomic E-state index is 0.220. The Balaban J connectivity index is 2.28. The maximum Gasteiger partial charge on any atom is 0.229 e. The van der Waals surface area contributed by atoms with E-state index in [0.717, 1.165) is 16.7 Å². The van der Waals surface area contributed by atoms with Crippen LogP contribution < -0.4 is 0 Å². The molecule has 0 radical (unpaired) electrons. The lowest BCUT2D eigenvalue weighted by atomic mass is 9.95. The largest absolute Gasteiger partial charge is 0.503 e. The second-order valence-electron chi connectivity index (χ2n) is 3.73. The van der Waals surface area contributed by atoms with Gasteiger partial charge in [-0.1, -0.05) is 24.3 Å². The van der Waals surface area contributed by atoms with Crippen molar-refractivity contribution < 1.29 is 9.90 Å². The molecule has 16 heavy (non-hydrogen) atoms. The highest BCUT2D eigenvalue weighted by atomic mass is 79.9. The molecule has 0 heterocycles. The third kappa shape index (κ3) is 1.15. The standard InChI is InChI=1S/C13H7BrO2/c14-11-6-9-8-4-2-1-3-7(8)5-10(9)12(15)13(11)16/h1-6,16H. The first kappa shape index (κ1) is 9.60. The van der Waals surface area contributed by atoms with Crippen molar-refractivity contribution in [3.8, 4) is 0 Å². The SMILES string of the molecule is O=C1C2=Cc3ccccc3C2=CC(Br)=C1O. The van der Waals surface area contributed by atoms with Crippen LogP contribution >= 0.6 is 15.9 Å². The van der Waals surface area contributed by atoms with Crippen molar-refractivity contribution in [3.63, 3.8) is 0 Å². The number of hydrogen-bond donors (Lipinski definition) is 1. The van der Waals surface area contributed by atoms with Crippen LogP contribution in [0.15, 0.2) is 46.2 Å². The van der Waals surface area contributed by atoms with Crippen molar-refractivity contribution in [2.24, 2.45) is 0 Å². The van der Waals surface area contributed by atoms with Gasteiger partial charge in [-0.15, -0.1) is 0 Å². The molecule has 78 valence electrons. The van der Waals surface area contributed by atoms with Gasteiger partial charge in [-0.25, -0.2) is 0 Å². The van der Waals surface area contributed by atoms with E-state index in [-0.39, 0.29) is 11.5 Å². The number of carbonyl (C=O) groups is 1. The summed E-state index contributed by atoms with van der Waals surface area (Å²) in [6.45, 7) is 0. The number of halogens is 1. The molecule has 0 saturated heterocycles. The van der Waals surface area contributed by atoms with Crippen LogP contribution in [-0.4, -0.2) is 10.9 Å². The van der Waals surface area contributed by atoms with Crippen LogP contribution in [0.1, 0.15) is 11.1 Å². The maximum atomic E-state index is 11.8. The molecule has 1 aromatic carbocycles. The summed E-state index contributed by atoms with van der Waals surface area (Å²) < 4.78 is 0.446. The summed E-state index contributed by atoms with van der Waals surface area (Å²) >= 11 is 3.19. The first-order valence-corrected chi connectivity index (χ1v) is 5.64. The molecule has 1 aromatic rings. The van der Waals surface area contributed by atoms with Crippen LogP contribution in [0, 0.1) is 0 Å². The molecule has 0 aromatic heterocycles. The van der Waals surface area contributed by atoms with Crippen molar-refractivity contribution in [2.45, 2.75) is 0 Å². The van der Waals surface area contributed by atoms with Gasteiger partial charge in [-0.3, -0.25) is 4.79 Å². The van der Waals surface area contributed by atoms with Crippen LogP contribution in [0.3, 0.4) is 0 Å². The average molecular weight is 275 g/mol. The van der Waals surface area contributed by atoms with Gasteiger partial charge in [-0.05, 0) is 44.8 Å². The predicted molar refractivity (Wildman–Crippen MR) is 66.0 cm³/mol. The Morgan fingerprint density at radius 3 is 2.62 bits per heavy atom. The van der Waals surface area contributed by atoms with E-state index in [1.165, 1.54) is 0 Å². The number of fused-ring (bicyclic) bond motifs is 3. The molecular formula is C13H7BrO2. The Kier molecular flexibility index (Phi) is 1.91. The van der Waals surface area contributed by atoms with E-state index >= 15 is 0 Å². The predicted octanol–water partition coefficient (Wildman–Crippen LogP) is 3.21. The highest BCUT2D eigenvalue weighted by Gasteiger charge is 2.30. The zero-order chi connectivity index (χ0) is 11.3. The molecule has 0 saturated carbocycles. The van der Waals surface area contributed by atoms with Crippen LogP contribution in [0.4, 0.5) is 0 Å². The fourth-order valence-corrected chi connectivity index (χ4v) is 2.43. The van der Waals surface area contributed by atoms with E-state index in [1.54, 1.807) is 6.08 Å². The van der Waals surface area contributed by atoms with Crippen LogP contribution in [-0.2, 0) is 4.79 Å². The number of aliphatic hydroxyl groups is 1. The third-order valence-electron chi connectivity index (χ3n) is 2.80. The molecule has 2 aliphatic rings. The lowest BCUT2D eigenvalue weighted by Crippen LogP contribution is -2.10. The lowest BCUT2D eigenvalue weighted by molar-refractivity contribution is -0.114. The number of ketones is 1. The van der Waals surface area contributed by atoms with Crippen molar-refractivity contribution in [1.29, 1.82) is 0 Å². The summed E-state index contributed by atoms with van der Waals surface area (Å²) in [5, 5.41) is 9.57. The summed E-state index contributed by atoms with van der Waals surface area (Å²) in [7, 11) is 0. The van der Waals surface area contributed by atoms with Gasteiger partial charge in [0, 0.05) is 5.57 Å². The first-order chi connectivity index (χ1) is 7.68. The quantitative estimate of drug-likeness (QED) is 0.789. The number of aliphatic hydroxyl groups excluding tert-OH is 1. The molecule has 0 spiro atoms. The Morgan fingerprint density at radius 1 is 1.06 bits per heavy atom. The van der Waals surface area contributed by atoms with E-state index < -0.39 is 0 Å². The zero-order valence-corrected chi connectivity index (χ0v) is 9.78. The number of hydrogen-bond acceptors (Lipinski definition) is 2.